The van der Waals surface area contributed by atoms with Gasteiger partial charge in [0.2, 0.25) is 0 Å². The third kappa shape index (κ3) is 3.90. The van der Waals surface area contributed by atoms with Crippen LogP contribution in [0.4, 0.5) is 4.79 Å². The van der Waals surface area contributed by atoms with Crippen molar-refractivity contribution in [2.45, 2.75) is 141 Å². The highest BCUT2D eigenvalue weighted by atomic mass is 16.7. The molecule has 8 nitrogen and oxygen atoms in total. The molecule has 5 aliphatic carbocycles. The van der Waals surface area contributed by atoms with Crippen LogP contribution in [0.15, 0.2) is 0 Å². The lowest BCUT2D eigenvalue weighted by molar-refractivity contribution is -0.253. The van der Waals surface area contributed by atoms with Crippen LogP contribution in [0, 0.1) is 45.3 Å². The third-order valence-electron chi connectivity index (χ3n) is 15.8. The molecule has 12 atom stereocenters. The first-order valence-electron chi connectivity index (χ1n) is 18.2. The molecule has 8 heteroatoms. The quantitative estimate of drug-likeness (QED) is 0.448. The average molecular weight is 613 g/mol. The van der Waals surface area contributed by atoms with Gasteiger partial charge in [-0.05, 0) is 123 Å². The van der Waals surface area contributed by atoms with Gasteiger partial charge in [0.15, 0.2) is 6.29 Å². The van der Waals surface area contributed by atoms with E-state index in [0.717, 1.165) is 57.1 Å². The van der Waals surface area contributed by atoms with Crippen LogP contribution in [0.5, 0.6) is 0 Å². The summed E-state index contributed by atoms with van der Waals surface area (Å²) in [7, 11) is 0. The molecule has 9 rings (SSSR count). The number of cyclic esters (lactones) is 1. The van der Waals surface area contributed by atoms with E-state index >= 15 is 0 Å². The minimum absolute atomic E-state index is 0.0526. The van der Waals surface area contributed by atoms with E-state index in [-0.39, 0.29) is 36.0 Å². The van der Waals surface area contributed by atoms with Crippen LogP contribution in [0.25, 0.3) is 0 Å². The van der Waals surface area contributed by atoms with Crippen molar-refractivity contribution >= 4 is 6.09 Å². The van der Waals surface area contributed by atoms with E-state index in [1.807, 2.05) is 13.8 Å². The number of carbonyl (C=O) groups is 1. The van der Waals surface area contributed by atoms with Crippen molar-refractivity contribution in [3.8, 4) is 0 Å². The molecule has 0 aromatic carbocycles. The number of nitrogens with one attached hydrogen (secondary N) is 1. The summed E-state index contributed by atoms with van der Waals surface area (Å²) in [5.41, 5.74) is 1.08. The van der Waals surface area contributed by atoms with E-state index in [9.17, 15) is 4.79 Å². The van der Waals surface area contributed by atoms with Gasteiger partial charge >= 0.3 is 6.09 Å². The first-order chi connectivity index (χ1) is 21.0. The second-order valence-corrected chi connectivity index (χ2v) is 18.1. The fourth-order valence-electron chi connectivity index (χ4n) is 13.6. The Labute approximate surface area is 263 Å². The monoisotopic (exact) mass is 612 g/mol. The van der Waals surface area contributed by atoms with Gasteiger partial charge < -0.3 is 29.0 Å². The summed E-state index contributed by atoms with van der Waals surface area (Å²) in [6, 6.07) is 0.486. The maximum absolute atomic E-state index is 12.1. The van der Waals surface area contributed by atoms with Crippen molar-refractivity contribution in [3.05, 3.63) is 0 Å². The Morgan fingerprint density at radius 1 is 0.886 bits per heavy atom. The second-order valence-electron chi connectivity index (χ2n) is 18.1. The first kappa shape index (κ1) is 29.2. The number of amides is 1. The van der Waals surface area contributed by atoms with Crippen LogP contribution in [-0.4, -0.2) is 86.2 Å². The van der Waals surface area contributed by atoms with Crippen LogP contribution < -0.4 is 5.32 Å². The number of morpholine rings is 1. The van der Waals surface area contributed by atoms with Gasteiger partial charge in [-0.3, -0.25) is 4.90 Å². The number of hydrogen-bond acceptors (Lipinski definition) is 7. The van der Waals surface area contributed by atoms with Crippen LogP contribution in [0.3, 0.4) is 0 Å². The summed E-state index contributed by atoms with van der Waals surface area (Å²) >= 11 is 0. The molecule has 4 heterocycles. The van der Waals surface area contributed by atoms with E-state index in [1.165, 1.54) is 57.8 Å². The summed E-state index contributed by atoms with van der Waals surface area (Å²) in [5, 5.41) is 3.09. The summed E-state index contributed by atoms with van der Waals surface area (Å²) in [4.78, 5) is 14.6. The lowest BCUT2D eigenvalue weighted by Crippen LogP contribution is -2.58. The molecule has 0 aromatic rings. The molecule has 9 fully saturated rings. The Bertz CT molecular complexity index is 1190. The fraction of sp³-hybridized carbons (Fsp3) is 0.972. The zero-order chi connectivity index (χ0) is 30.3. The Hall–Kier alpha value is -0.930. The average Bonchev–Trinajstić information content (AvgIpc) is 3.39. The van der Waals surface area contributed by atoms with Gasteiger partial charge in [0.05, 0.1) is 56.8 Å². The minimum atomic E-state index is -0.518. The molecule has 0 aromatic heterocycles. The third-order valence-corrected chi connectivity index (χ3v) is 15.8. The molecular formula is C36H56N2O6. The number of ether oxygens (including phenoxy) is 5. The van der Waals surface area contributed by atoms with Gasteiger partial charge in [0.25, 0.3) is 0 Å². The molecule has 5 saturated carbocycles. The van der Waals surface area contributed by atoms with Crippen molar-refractivity contribution in [3.63, 3.8) is 0 Å². The molecule has 1 N–H and O–H groups in total. The summed E-state index contributed by atoms with van der Waals surface area (Å²) in [6.45, 7) is 16.1. The highest BCUT2D eigenvalue weighted by Gasteiger charge is 2.80. The number of fused-ring (bicyclic) bond motifs is 4. The summed E-state index contributed by atoms with van der Waals surface area (Å²) in [6.07, 6.45) is 13.2. The van der Waals surface area contributed by atoms with Crippen LogP contribution in [0.1, 0.15) is 98.8 Å². The molecule has 44 heavy (non-hydrogen) atoms. The van der Waals surface area contributed by atoms with Gasteiger partial charge in [0, 0.05) is 6.54 Å². The van der Waals surface area contributed by atoms with Gasteiger partial charge in [-0.25, -0.2) is 4.79 Å². The Kier molecular flexibility index (Phi) is 6.36. The summed E-state index contributed by atoms with van der Waals surface area (Å²) < 4.78 is 31.2. The lowest BCUT2D eigenvalue weighted by Gasteiger charge is -2.60. The molecule has 4 saturated heterocycles. The maximum atomic E-state index is 12.1. The SMILES string of the molecule is CC1(C)OC(=O)N[C@H]1C1CC[C@H]2C(CC3C4CC[C@H]5C(C)(C)[C@@H](OC6CN(C7COC7)CCO6)CC[C@@]56C[C@@]46CC[C@@]32C)O1. The molecule has 9 aliphatic rings. The van der Waals surface area contributed by atoms with E-state index in [2.05, 4.69) is 31.0 Å². The van der Waals surface area contributed by atoms with E-state index in [4.69, 9.17) is 23.7 Å². The predicted molar refractivity (Wildman–Crippen MR) is 164 cm³/mol. The molecule has 0 radical (unpaired) electrons. The lowest BCUT2D eigenvalue weighted by atomic mass is 9.46. The number of nitrogens with zero attached hydrogens (tertiary/aromatic N) is 1. The normalized spacial score (nSPS) is 54.0. The zero-order valence-corrected chi connectivity index (χ0v) is 27.8. The second kappa shape index (κ2) is 9.58. The molecule has 4 aliphatic heterocycles. The van der Waals surface area contributed by atoms with Crippen molar-refractivity contribution in [1.82, 2.24) is 10.2 Å². The molecule has 246 valence electrons. The minimum Gasteiger partial charge on any atom is -0.441 e. The standard InChI is InChI=1S/C36H56N2O6/c1-32(2)27-9-7-22-24-16-26-23(6-8-25(42-26)30-33(3,4)44-31(39)37-30)34(24,5)12-13-35(22)20-36(27,35)11-10-28(32)43-29-17-38(14-15-41-29)21-18-40-19-21/h21-30H,6-20H2,1-5H3,(H,37,39)/t22?,23-,24?,25?,26?,27-,28-,29?,30-,34+,35-,36+/m0/s1. The highest BCUT2D eigenvalue weighted by Crippen LogP contribution is 2.87. The smallest absolute Gasteiger partial charge is 0.408 e. The van der Waals surface area contributed by atoms with Gasteiger partial charge in [-0.1, -0.05) is 20.8 Å². The largest absolute Gasteiger partial charge is 0.441 e. The van der Waals surface area contributed by atoms with Crippen molar-refractivity contribution in [1.29, 1.82) is 0 Å². The Balaban J connectivity index is 0.902. The topological polar surface area (TPSA) is 78.5 Å². The predicted octanol–water partition coefficient (Wildman–Crippen LogP) is 5.52. The van der Waals surface area contributed by atoms with Gasteiger partial charge in [-0.15, -0.1) is 0 Å². The maximum Gasteiger partial charge on any atom is 0.408 e. The van der Waals surface area contributed by atoms with Crippen molar-refractivity contribution < 1.29 is 28.5 Å². The molecular weight excluding hydrogens is 556 g/mol. The van der Waals surface area contributed by atoms with Crippen molar-refractivity contribution in [2.75, 3.05) is 32.9 Å². The van der Waals surface area contributed by atoms with Gasteiger partial charge in [0.1, 0.15) is 5.60 Å². The number of rotatable bonds is 4. The zero-order valence-electron chi connectivity index (χ0n) is 27.8. The Morgan fingerprint density at radius 3 is 2.45 bits per heavy atom. The van der Waals surface area contributed by atoms with Crippen LogP contribution in [-0.2, 0) is 23.7 Å². The van der Waals surface area contributed by atoms with Crippen molar-refractivity contribution in [2.24, 2.45) is 45.3 Å². The molecule has 5 unspecified atom stereocenters. The van der Waals surface area contributed by atoms with E-state index in [1.54, 1.807) is 0 Å². The van der Waals surface area contributed by atoms with E-state index < -0.39 is 5.60 Å². The molecule has 2 spiro atoms. The number of alkyl carbamates (subject to hydrolysis) is 1. The van der Waals surface area contributed by atoms with Crippen LogP contribution >= 0.6 is 0 Å². The fourth-order valence-corrected chi connectivity index (χ4v) is 13.6. The highest BCUT2D eigenvalue weighted by molar-refractivity contribution is 5.71. The van der Waals surface area contributed by atoms with E-state index in [0.29, 0.717) is 34.3 Å². The van der Waals surface area contributed by atoms with Crippen LogP contribution in [0.2, 0.25) is 0 Å². The molecule has 1 amide bonds. The summed E-state index contributed by atoms with van der Waals surface area (Å²) in [5.74, 6) is 3.00. The molecule has 0 bridgehead atoms. The number of carbonyl (C=O) groups excluding carboxylic acids is 1. The number of hydrogen-bond donors (Lipinski definition) is 1. The first-order valence-corrected chi connectivity index (χ1v) is 18.2. The Morgan fingerprint density at radius 2 is 1.70 bits per heavy atom. The van der Waals surface area contributed by atoms with Gasteiger partial charge in [-0.2, -0.15) is 0 Å².